The molecule has 1 aromatic carbocycles. The Morgan fingerprint density at radius 3 is 2.47 bits per heavy atom. The van der Waals surface area contributed by atoms with E-state index in [1.165, 1.54) is 16.6 Å². The first-order chi connectivity index (χ1) is 17.9. The lowest BCUT2D eigenvalue weighted by Gasteiger charge is -2.31. The van der Waals surface area contributed by atoms with E-state index in [1.807, 2.05) is 7.05 Å². The van der Waals surface area contributed by atoms with Gasteiger partial charge in [0.25, 0.3) is 10.0 Å². The van der Waals surface area contributed by atoms with E-state index >= 15 is 0 Å². The van der Waals surface area contributed by atoms with Crippen molar-refractivity contribution in [3.05, 3.63) is 69.3 Å². The summed E-state index contributed by atoms with van der Waals surface area (Å²) < 4.78 is 70.0. The van der Waals surface area contributed by atoms with Crippen LogP contribution in [0.2, 0.25) is 5.02 Å². The van der Waals surface area contributed by atoms with Gasteiger partial charge in [-0.2, -0.15) is 22.6 Å². The normalized spacial score (nSPS) is 15.5. The van der Waals surface area contributed by atoms with Crippen molar-refractivity contribution in [2.75, 3.05) is 33.2 Å². The van der Waals surface area contributed by atoms with Crippen molar-refractivity contribution in [2.45, 2.75) is 17.3 Å². The van der Waals surface area contributed by atoms with Crippen LogP contribution in [0.25, 0.3) is 16.9 Å². The number of nitrogens with zero attached hydrogens (tertiary/aromatic N) is 5. The largest absolute Gasteiger partial charge is 0.433 e. The van der Waals surface area contributed by atoms with Gasteiger partial charge in [-0.3, -0.25) is 0 Å². The molecule has 1 saturated heterocycles. The summed E-state index contributed by atoms with van der Waals surface area (Å²) in [6.45, 7) is 3.86. The van der Waals surface area contributed by atoms with Crippen LogP contribution in [0, 0.1) is 18.8 Å². The minimum Gasteiger partial charge on any atom is -0.304 e. The monoisotopic (exact) mass is 579 g/mol. The molecule has 7 nitrogen and oxygen atoms in total. The van der Waals surface area contributed by atoms with Gasteiger partial charge in [-0.15, -0.1) is 11.3 Å². The number of hydrogen-bond donors (Lipinski definition) is 0. The van der Waals surface area contributed by atoms with Gasteiger partial charge >= 0.3 is 6.18 Å². The molecule has 1 fully saturated rings. The van der Waals surface area contributed by atoms with E-state index in [1.54, 1.807) is 31.2 Å². The van der Waals surface area contributed by atoms with Crippen molar-refractivity contribution in [1.82, 2.24) is 23.8 Å². The second-order valence-corrected chi connectivity index (χ2v) is 12.5. The number of piperazine rings is 1. The summed E-state index contributed by atoms with van der Waals surface area (Å²) in [6, 6.07) is 8.89. The molecule has 1 aliphatic rings. The smallest absolute Gasteiger partial charge is 0.304 e. The molecule has 5 rings (SSSR count). The molecule has 1 aliphatic heterocycles. The van der Waals surface area contributed by atoms with Crippen molar-refractivity contribution in [3.63, 3.8) is 0 Å². The van der Waals surface area contributed by atoms with Crippen molar-refractivity contribution < 1.29 is 21.6 Å². The number of rotatable bonds is 3. The second-order valence-electron chi connectivity index (χ2n) is 8.86. The third-order valence-electron chi connectivity index (χ3n) is 6.17. The fourth-order valence-electron chi connectivity index (χ4n) is 4.02. The van der Waals surface area contributed by atoms with Crippen LogP contribution in [0.4, 0.5) is 13.2 Å². The van der Waals surface area contributed by atoms with Crippen LogP contribution in [0.1, 0.15) is 21.7 Å². The van der Waals surface area contributed by atoms with E-state index in [0.29, 0.717) is 51.7 Å². The molecule has 0 aliphatic carbocycles. The molecule has 0 spiro atoms. The van der Waals surface area contributed by atoms with Crippen LogP contribution in [0.5, 0.6) is 0 Å². The molecule has 3 aromatic heterocycles. The Hall–Kier alpha value is -2.95. The number of sulfonamides is 1. The zero-order valence-electron chi connectivity index (χ0n) is 20.3. The van der Waals surface area contributed by atoms with Crippen LogP contribution < -0.4 is 0 Å². The standard InChI is InChI=1S/C25H21ClF3N5O2S2/c1-16-13-17(4-7-20(16)26)21-14-22(25(27,28)29)34-24(31-21)18(15-30-34)3-5-19-6-8-23(37-19)38(35,36)33-11-9-32(2)10-12-33/h4,6-8,13-15H,9-12H2,1-2H3. The zero-order chi connectivity index (χ0) is 27.2. The number of likely N-dealkylation sites (N-methyl/N-ethyl adjacent to an activating group) is 1. The van der Waals surface area contributed by atoms with E-state index in [2.05, 4.69) is 26.8 Å². The average molecular weight is 580 g/mol. The number of alkyl halides is 3. The SMILES string of the molecule is Cc1cc(-c2cc(C(F)(F)F)n3ncc(C#Cc4ccc(S(=O)(=O)N5CCN(C)CC5)s4)c3n2)ccc1Cl. The first-order valence-electron chi connectivity index (χ1n) is 11.5. The van der Waals surface area contributed by atoms with Gasteiger partial charge < -0.3 is 4.90 Å². The van der Waals surface area contributed by atoms with Gasteiger partial charge in [0.05, 0.1) is 22.3 Å². The summed E-state index contributed by atoms with van der Waals surface area (Å²) in [5.41, 5.74) is 0.404. The summed E-state index contributed by atoms with van der Waals surface area (Å²) in [4.78, 5) is 6.94. The Balaban J connectivity index is 1.52. The maximum atomic E-state index is 13.9. The predicted molar refractivity (Wildman–Crippen MR) is 140 cm³/mol. The summed E-state index contributed by atoms with van der Waals surface area (Å²) in [6.07, 6.45) is -3.47. The van der Waals surface area contributed by atoms with Crippen LogP contribution in [0.3, 0.4) is 0 Å². The van der Waals surface area contributed by atoms with Gasteiger partial charge in [0.15, 0.2) is 11.3 Å². The Labute approximate surface area is 226 Å². The quantitative estimate of drug-likeness (QED) is 0.327. The van der Waals surface area contributed by atoms with E-state index < -0.39 is 21.9 Å². The minimum atomic E-state index is -4.69. The molecule has 13 heteroatoms. The lowest BCUT2D eigenvalue weighted by atomic mass is 10.1. The Morgan fingerprint density at radius 2 is 1.79 bits per heavy atom. The minimum absolute atomic E-state index is 0.0586. The highest BCUT2D eigenvalue weighted by Crippen LogP contribution is 2.33. The van der Waals surface area contributed by atoms with Gasteiger partial charge in [0, 0.05) is 36.8 Å². The molecule has 0 bridgehead atoms. The molecule has 0 amide bonds. The Morgan fingerprint density at radius 1 is 1.05 bits per heavy atom. The van der Waals surface area contributed by atoms with Gasteiger partial charge in [0.1, 0.15) is 4.21 Å². The molecule has 0 N–H and O–H groups in total. The molecule has 4 aromatic rings. The van der Waals surface area contributed by atoms with Crippen LogP contribution in [-0.2, 0) is 16.2 Å². The van der Waals surface area contributed by atoms with Gasteiger partial charge in [0.2, 0.25) is 0 Å². The number of thiophene rings is 1. The number of halogens is 4. The zero-order valence-corrected chi connectivity index (χ0v) is 22.6. The van der Waals surface area contributed by atoms with E-state index in [9.17, 15) is 21.6 Å². The summed E-state index contributed by atoms with van der Waals surface area (Å²) in [5, 5.41) is 4.38. The highest BCUT2D eigenvalue weighted by Gasteiger charge is 2.35. The maximum absolute atomic E-state index is 13.9. The van der Waals surface area contributed by atoms with Crippen LogP contribution in [0.15, 0.2) is 46.8 Å². The topological polar surface area (TPSA) is 70.8 Å². The summed E-state index contributed by atoms with van der Waals surface area (Å²) in [7, 11) is -1.70. The number of aryl methyl sites for hydroxylation is 1. The molecule has 4 heterocycles. The van der Waals surface area contributed by atoms with Gasteiger partial charge in [-0.05, 0) is 49.9 Å². The number of benzene rings is 1. The Kier molecular flexibility index (Phi) is 7.00. The molecular formula is C25H21ClF3N5O2S2. The number of fused-ring (bicyclic) bond motifs is 1. The molecule has 38 heavy (non-hydrogen) atoms. The molecule has 0 unspecified atom stereocenters. The summed E-state index contributed by atoms with van der Waals surface area (Å²) >= 11 is 7.09. The van der Waals surface area contributed by atoms with Crippen LogP contribution in [-0.4, -0.2) is 65.4 Å². The Bertz CT molecular complexity index is 1700. The van der Waals surface area contributed by atoms with E-state index in [4.69, 9.17) is 11.6 Å². The predicted octanol–water partition coefficient (Wildman–Crippen LogP) is 4.77. The molecule has 0 radical (unpaired) electrons. The second kappa shape index (κ2) is 9.98. The summed E-state index contributed by atoms with van der Waals surface area (Å²) in [5.74, 6) is 5.68. The van der Waals surface area contributed by atoms with Crippen molar-refractivity contribution >= 4 is 38.6 Å². The maximum Gasteiger partial charge on any atom is 0.433 e. The van der Waals surface area contributed by atoms with Crippen molar-refractivity contribution in [3.8, 4) is 23.1 Å². The number of hydrogen-bond acceptors (Lipinski definition) is 6. The highest BCUT2D eigenvalue weighted by atomic mass is 35.5. The first kappa shape index (κ1) is 26.6. The third-order valence-corrected chi connectivity index (χ3v) is 9.96. The fourth-order valence-corrected chi connectivity index (χ4v) is 6.87. The van der Waals surface area contributed by atoms with E-state index in [0.717, 1.165) is 17.4 Å². The lowest BCUT2D eigenvalue weighted by molar-refractivity contribution is -0.142. The van der Waals surface area contributed by atoms with Crippen molar-refractivity contribution in [2.24, 2.45) is 0 Å². The lowest BCUT2D eigenvalue weighted by Crippen LogP contribution is -2.46. The average Bonchev–Trinajstić information content (AvgIpc) is 3.51. The molecule has 198 valence electrons. The van der Waals surface area contributed by atoms with Crippen molar-refractivity contribution in [1.29, 1.82) is 0 Å². The number of aromatic nitrogens is 3. The van der Waals surface area contributed by atoms with E-state index in [-0.39, 0.29) is 21.1 Å². The molecule has 0 atom stereocenters. The first-order valence-corrected chi connectivity index (χ1v) is 14.1. The van der Waals surface area contributed by atoms with Gasteiger partial charge in [-0.1, -0.05) is 29.5 Å². The van der Waals surface area contributed by atoms with Crippen LogP contribution >= 0.6 is 22.9 Å². The third kappa shape index (κ3) is 5.17. The fraction of sp³-hybridized carbons (Fsp3) is 0.280. The molecule has 0 saturated carbocycles. The molecular weight excluding hydrogens is 559 g/mol. The van der Waals surface area contributed by atoms with Gasteiger partial charge in [-0.25, -0.2) is 17.9 Å². The highest BCUT2D eigenvalue weighted by molar-refractivity contribution is 7.91.